The largest absolute Gasteiger partial charge is 0.395 e. The summed E-state index contributed by atoms with van der Waals surface area (Å²) in [5, 5.41) is 10.3. The van der Waals surface area contributed by atoms with Crippen LogP contribution in [-0.4, -0.2) is 32.4 Å². The van der Waals surface area contributed by atoms with Gasteiger partial charge in [-0.25, -0.2) is 9.78 Å². The highest BCUT2D eigenvalue weighted by molar-refractivity contribution is 6.33. The predicted molar refractivity (Wildman–Crippen MR) is 124 cm³/mol. The van der Waals surface area contributed by atoms with E-state index in [1.165, 1.54) is 0 Å². The summed E-state index contributed by atoms with van der Waals surface area (Å²) in [7, 11) is 0. The van der Waals surface area contributed by atoms with Crippen LogP contribution >= 0.6 is 11.6 Å². The molecule has 0 radical (unpaired) electrons. The Morgan fingerprint density at radius 3 is 2.53 bits per heavy atom. The molecule has 6 nitrogen and oxygen atoms in total. The van der Waals surface area contributed by atoms with Crippen LogP contribution in [0.2, 0.25) is 5.02 Å². The number of aryl methyl sites for hydroxylation is 1. The van der Waals surface area contributed by atoms with Crippen molar-refractivity contribution in [3.8, 4) is 22.8 Å². The Morgan fingerprint density at radius 1 is 1.06 bits per heavy atom. The van der Waals surface area contributed by atoms with E-state index in [4.69, 9.17) is 11.6 Å². The Hall–Kier alpha value is -2.83. The third-order valence-electron chi connectivity index (χ3n) is 6.31. The SMILES string of the molecule is O=C(CCc1ccc(Cl)c(-c2nc(-c3ccccc3)nc(=O)[nH]2)c1)C1(CO)CCCCC1. The van der Waals surface area contributed by atoms with Crippen LogP contribution in [0.5, 0.6) is 0 Å². The van der Waals surface area contributed by atoms with Gasteiger partial charge in [0.05, 0.1) is 17.0 Å². The first kappa shape index (κ1) is 22.4. The molecule has 1 fully saturated rings. The van der Waals surface area contributed by atoms with Crippen molar-refractivity contribution in [3.63, 3.8) is 0 Å². The third-order valence-corrected chi connectivity index (χ3v) is 6.64. The molecule has 1 saturated carbocycles. The summed E-state index contributed by atoms with van der Waals surface area (Å²) in [6.07, 6.45) is 5.52. The van der Waals surface area contributed by atoms with Crippen LogP contribution in [0.15, 0.2) is 53.3 Å². The van der Waals surface area contributed by atoms with Crippen LogP contribution in [0.1, 0.15) is 44.1 Å². The van der Waals surface area contributed by atoms with E-state index in [0.717, 1.165) is 43.2 Å². The molecule has 0 bridgehead atoms. The molecule has 166 valence electrons. The zero-order valence-corrected chi connectivity index (χ0v) is 18.6. The number of aliphatic hydroxyl groups is 1. The van der Waals surface area contributed by atoms with Gasteiger partial charge in [-0.3, -0.25) is 9.78 Å². The normalized spacial score (nSPS) is 15.4. The van der Waals surface area contributed by atoms with Crippen LogP contribution in [-0.2, 0) is 11.2 Å². The molecule has 0 atom stereocenters. The molecule has 0 saturated heterocycles. The molecule has 2 N–H and O–H groups in total. The molecular formula is C25H26ClN3O3. The summed E-state index contributed by atoms with van der Waals surface area (Å²) in [6.45, 7) is -0.0812. The molecule has 32 heavy (non-hydrogen) atoms. The van der Waals surface area contributed by atoms with Gasteiger partial charge < -0.3 is 5.11 Å². The zero-order valence-electron chi connectivity index (χ0n) is 17.8. The number of carbonyl (C=O) groups is 1. The van der Waals surface area contributed by atoms with Crippen molar-refractivity contribution in [1.29, 1.82) is 0 Å². The molecule has 2 aromatic carbocycles. The topological polar surface area (TPSA) is 95.9 Å². The second-order valence-electron chi connectivity index (χ2n) is 8.43. The highest BCUT2D eigenvalue weighted by Crippen LogP contribution is 2.38. The van der Waals surface area contributed by atoms with Gasteiger partial charge in [-0.2, -0.15) is 4.98 Å². The zero-order chi connectivity index (χ0) is 22.6. The smallest absolute Gasteiger partial charge is 0.348 e. The molecular weight excluding hydrogens is 426 g/mol. The predicted octanol–water partition coefficient (Wildman–Crippen LogP) is 4.60. The number of hydrogen-bond acceptors (Lipinski definition) is 5. The van der Waals surface area contributed by atoms with Crippen molar-refractivity contribution in [3.05, 3.63) is 69.6 Å². The summed E-state index contributed by atoms with van der Waals surface area (Å²) < 4.78 is 0. The summed E-state index contributed by atoms with van der Waals surface area (Å²) in [5.74, 6) is 0.780. The van der Waals surface area contributed by atoms with E-state index in [1.54, 1.807) is 6.07 Å². The first-order valence-electron chi connectivity index (χ1n) is 11.0. The summed E-state index contributed by atoms with van der Waals surface area (Å²) in [4.78, 5) is 36.3. The number of benzene rings is 2. The molecule has 0 spiro atoms. The van der Waals surface area contributed by atoms with E-state index in [1.807, 2.05) is 42.5 Å². The molecule has 1 aliphatic rings. The van der Waals surface area contributed by atoms with Gasteiger partial charge in [-0.1, -0.05) is 67.3 Å². The van der Waals surface area contributed by atoms with Gasteiger partial charge in [0.1, 0.15) is 11.6 Å². The standard InChI is InChI=1S/C25H26ClN3O3/c26-20-11-9-17(10-12-21(31)25(16-30)13-5-2-6-14-25)15-19(20)23-27-22(28-24(32)29-23)18-7-3-1-4-8-18/h1,3-4,7-9,11,15,30H,2,5-6,10,12-14,16H2,(H,27,28,29,32). The maximum absolute atomic E-state index is 12.9. The quantitative estimate of drug-likeness (QED) is 0.547. The summed E-state index contributed by atoms with van der Waals surface area (Å²) >= 11 is 6.43. The average molecular weight is 452 g/mol. The van der Waals surface area contributed by atoms with Crippen LogP contribution < -0.4 is 5.69 Å². The Kier molecular flexibility index (Phi) is 6.82. The highest BCUT2D eigenvalue weighted by Gasteiger charge is 2.37. The van der Waals surface area contributed by atoms with Gasteiger partial charge >= 0.3 is 5.69 Å². The minimum atomic E-state index is -0.587. The Bertz CT molecular complexity index is 1150. The minimum Gasteiger partial charge on any atom is -0.395 e. The number of aromatic nitrogens is 3. The number of rotatable bonds is 7. The molecule has 1 aromatic heterocycles. The van der Waals surface area contributed by atoms with E-state index < -0.39 is 11.1 Å². The van der Waals surface area contributed by atoms with Gasteiger partial charge in [0.25, 0.3) is 0 Å². The number of aromatic amines is 1. The fourth-order valence-corrected chi connectivity index (χ4v) is 4.62. The first-order valence-corrected chi connectivity index (χ1v) is 11.4. The van der Waals surface area contributed by atoms with Crippen molar-refractivity contribution in [1.82, 2.24) is 15.0 Å². The van der Waals surface area contributed by atoms with E-state index >= 15 is 0 Å². The minimum absolute atomic E-state index is 0.0812. The number of halogens is 1. The van der Waals surface area contributed by atoms with Gasteiger partial charge in [-0.05, 0) is 37.0 Å². The van der Waals surface area contributed by atoms with Crippen LogP contribution in [0.25, 0.3) is 22.8 Å². The Labute approximate surface area is 191 Å². The molecule has 1 heterocycles. The third kappa shape index (κ3) is 4.81. The van der Waals surface area contributed by atoms with Gasteiger partial charge in [0.15, 0.2) is 5.82 Å². The van der Waals surface area contributed by atoms with Crippen molar-refractivity contribution < 1.29 is 9.90 Å². The van der Waals surface area contributed by atoms with Crippen molar-refractivity contribution >= 4 is 17.4 Å². The lowest BCUT2D eigenvalue weighted by molar-refractivity contribution is -0.133. The molecule has 7 heteroatoms. The number of aliphatic hydroxyl groups excluding tert-OH is 1. The number of hydrogen-bond donors (Lipinski definition) is 2. The fraction of sp³-hybridized carbons (Fsp3) is 0.360. The number of nitrogens with zero attached hydrogens (tertiary/aromatic N) is 2. The molecule has 0 unspecified atom stereocenters. The second-order valence-corrected chi connectivity index (χ2v) is 8.84. The van der Waals surface area contributed by atoms with Crippen LogP contribution in [0.3, 0.4) is 0 Å². The maximum Gasteiger partial charge on any atom is 0.348 e. The summed E-state index contributed by atoms with van der Waals surface area (Å²) in [5.41, 5.74) is 1.15. The Balaban J connectivity index is 1.58. The molecule has 3 aromatic rings. The summed E-state index contributed by atoms with van der Waals surface area (Å²) in [6, 6.07) is 14.8. The molecule has 1 aliphatic carbocycles. The molecule has 0 aliphatic heterocycles. The average Bonchev–Trinajstić information content (AvgIpc) is 2.84. The van der Waals surface area contributed by atoms with Crippen LogP contribution in [0, 0.1) is 5.41 Å². The monoisotopic (exact) mass is 451 g/mol. The van der Waals surface area contributed by atoms with Crippen molar-refractivity contribution in [2.45, 2.75) is 44.9 Å². The lowest BCUT2D eigenvalue weighted by Gasteiger charge is -2.34. The van der Waals surface area contributed by atoms with Gasteiger partial charge in [0, 0.05) is 17.5 Å². The van der Waals surface area contributed by atoms with Crippen molar-refractivity contribution in [2.24, 2.45) is 5.41 Å². The second kappa shape index (κ2) is 9.76. The fourth-order valence-electron chi connectivity index (χ4n) is 4.41. The number of H-pyrrole nitrogens is 1. The number of carbonyl (C=O) groups excluding carboxylic acids is 1. The van der Waals surface area contributed by atoms with E-state index in [0.29, 0.717) is 35.1 Å². The van der Waals surface area contributed by atoms with E-state index in [-0.39, 0.29) is 12.4 Å². The van der Waals surface area contributed by atoms with Gasteiger partial charge in [-0.15, -0.1) is 0 Å². The van der Waals surface area contributed by atoms with Crippen LogP contribution in [0.4, 0.5) is 0 Å². The van der Waals surface area contributed by atoms with E-state index in [2.05, 4.69) is 15.0 Å². The van der Waals surface area contributed by atoms with Crippen molar-refractivity contribution in [2.75, 3.05) is 6.61 Å². The highest BCUT2D eigenvalue weighted by atomic mass is 35.5. The number of Topliss-reactive ketones (excluding diaryl/α,β-unsaturated/α-hetero) is 1. The molecule has 0 amide bonds. The Morgan fingerprint density at radius 2 is 1.81 bits per heavy atom. The molecule has 4 rings (SSSR count). The first-order chi connectivity index (χ1) is 15.5. The van der Waals surface area contributed by atoms with Gasteiger partial charge in [0.2, 0.25) is 0 Å². The lowest BCUT2D eigenvalue weighted by atomic mass is 9.70. The number of nitrogens with one attached hydrogen (secondary N) is 1. The van der Waals surface area contributed by atoms with E-state index in [9.17, 15) is 14.7 Å². The maximum atomic E-state index is 12.9. The number of ketones is 1. The lowest BCUT2D eigenvalue weighted by Crippen LogP contribution is -2.37.